The molecule has 2 aromatic rings. The van der Waals surface area contributed by atoms with E-state index in [1.165, 1.54) is 29.6 Å². The summed E-state index contributed by atoms with van der Waals surface area (Å²) in [6.45, 7) is 0.420. The molecular weight excluding hydrogens is 232 g/mol. The Morgan fingerprint density at radius 1 is 1.40 bits per heavy atom. The van der Waals surface area contributed by atoms with Crippen LogP contribution >= 0.6 is 23.3 Å². The fraction of sp³-hybridized carbons (Fsp3) is 0.250. The van der Waals surface area contributed by atoms with Crippen LogP contribution in [-0.4, -0.2) is 25.6 Å². The Labute approximate surface area is 95.1 Å². The molecule has 2 rings (SSSR count). The Morgan fingerprint density at radius 3 is 2.87 bits per heavy atom. The van der Waals surface area contributed by atoms with Crippen LogP contribution in [0.3, 0.4) is 0 Å². The predicted molar refractivity (Wildman–Crippen MR) is 58.1 cm³/mol. The first-order valence-corrected chi connectivity index (χ1v) is 6.12. The third-order valence-electron chi connectivity index (χ3n) is 1.55. The highest BCUT2D eigenvalue weighted by Gasteiger charge is 2.03. The van der Waals surface area contributed by atoms with Gasteiger partial charge in [-0.05, 0) is 6.26 Å². The number of hydrogen-bond donors (Lipinski definition) is 0. The lowest BCUT2D eigenvalue weighted by atomic mass is 10.4. The monoisotopic (exact) mass is 240 g/mol. The molecule has 2 heterocycles. The standard InChI is InChI=1S/C8H8N4OS2/c1-14-7-11-8(15-12-7)13-4-6-2-9-5-10-3-6/h2-3,5H,4H2,1H3. The van der Waals surface area contributed by atoms with Crippen molar-refractivity contribution in [2.75, 3.05) is 6.26 Å². The normalized spacial score (nSPS) is 10.2. The summed E-state index contributed by atoms with van der Waals surface area (Å²) < 4.78 is 9.51. The highest BCUT2D eigenvalue weighted by molar-refractivity contribution is 7.98. The van der Waals surface area contributed by atoms with Crippen LogP contribution in [0.1, 0.15) is 5.56 Å². The summed E-state index contributed by atoms with van der Waals surface area (Å²) >= 11 is 2.74. The lowest BCUT2D eigenvalue weighted by Crippen LogP contribution is -1.96. The molecule has 0 aromatic carbocycles. The van der Waals surface area contributed by atoms with Gasteiger partial charge < -0.3 is 4.74 Å². The van der Waals surface area contributed by atoms with E-state index in [1.54, 1.807) is 12.4 Å². The largest absolute Gasteiger partial charge is 0.464 e. The van der Waals surface area contributed by atoms with Crippen molar-refractivity contribution < 1.29 is 4.74 Å². The highest BCUT2D eigenvalue weighted by atomic mass is 32.2. The highest BCUT2D eigenvalue weighted by Crippen LogP contribution is 2.20. The van der Waals surface area contributed by atoms with Crippen LogP contribution in [0.2, 0.25) is 0 Å². The first-order chi connectivity index (χ1) is 7.38. The molecule has 0 unspecified atom stereocenters. The SMILES string of the molecule is CSc1nsc(OCc2cncnc2)n1. The van der Waals surface area contributed by atoms with Gasteiger partial charge in [0.05, 0.1) is 0 Å². The van der Waals surface area contributed by atoms with Gasteiger partial charge in [-0.1, -0.05) is 11.8 Å². The molecular formula is C8H8N4OS2. The molecule has 2 aromatic heterocycles. The number of hydrogen-bond acceptors (Lipinski definition) is 7. The Hall–Kier alpha value is -1.21. The molecule has 0 amide bonds. The maximum atomic E-state index is 5.43. The Bertz CT molecular complexity index is 420. The van der Waals surface area contributed by atoms with Crippen molar-refractivity contribution >= 4 is 23.3 Å². The number of nitrogens with zero attached hydrogens (tertiary/aromatic N) is 4. The van der Waals surface area contributed by atoms with Crippen molar-refractivity contribution in [3.05, 3.63) is 24.3 Å². The Morgan fingerprint density at radius 2 is 2.20 bits per heavy atom. The summed E-state index contributed by atoms with van der Waals surface area (Å²) in [5.41, 5.74) is 0.915. The molecule has 0 saturated carbocycles. The fourth-order valence-corrected chi connectivity index (χ4v) is 1.97. The number of aromatic nitrogens is 4. The molecule has 0 bridgehead atoms. The van der Waals surface area contributed by atoms with Gasteiger partial charge in [0, 0.05) is 29.5 Å². The van der Waals surface area contributed by atoms with Crippen molar-refractivity contribution in [2.24, 2.45) is 0 Å². The smallest absolute Gasteiger partial charge is 0.294 e. The van der Waals surface area contributed by atoms with E-state index < -0.39 is 0 Å². The maximum absolute atomic E-state index is 5.43. The second-order valence-electron chi connectivity index (χ2n) is 2.58. The minimum absolute atomic E-state index is 0.420. The molecule has 0 radical (unpaired) electrons. The summed E-state index contributed by atoms with van der Waals surface area (Å²) in [7, 11) is 0. The summed E-state index contributed by atoms with van der Waals surface area (Å²) in [5, 5.41) is 1.31. The topological polar surface area (TPSA) is 60.8 Å². The maximum Gasteiger partial charge on any atom is 0.294 e. The molecule has 0 aliphatic heterocycles. The van der Waals surface area contributed by atoms with Crippen LogP contribution in [0, 0.1) is 0 Å². The minimum atomic E-state index is 0.420. The van der Waals surface area contributed by atoms with E-state index in [0.29, 0.717) is 11.8 Å². The summed E-state index contributed by atoms with van der Waals surface area (Å²) in [6.07, 6.45) is 6.84. The predicted octanol–water partition coefficient (Wildman–Crippen LogP) is 1.63. The van der Waals surface area contributed by atoms with Gasteiger partial charge in [0.2, 0.25) is 5.16 Å². The molecule has 0 aliphatic rings. The van der Waals surface area contributed by atoms with Crippen molar-refractivity contribution in [1.29, 1.82) is 0 Å². The Balaban J connectivity index is 1.93. The van der Waals surface area contributed by atoms with Crippen molar-refractivity contribution in [2.45, 2.75) is 11.8 Å². The first kappa shape index (κ1) is 10.3. The van der Waals surface area contributed by atoms with Crippen molar-refractivity contribution in [1.82, 2.24) is 19.3 Å². The zero-order valence-corrected chi connectivity index (χ0v) is 9.59. The average Bonchev–Trinajstić information content (AvgIpc) is 2.76. The molecule has 0 spiro atoms. The molecule has 0 fully saturated rings. The molecule has 0 atom stereocenters. The molecule has 0 saturated heterocycles. The minimum Gasteiger partial charge on any atom is -0.464 e. The lowest BCUT2D eigenvalue weighted by Gasteiger charge is -1.99. The average molecular weight is 240 g/mol. The van der Waals surface area contributed by atoms with E-state index in [0.717, 1.165) is 10.7 Å². The van der Waals surface area contributed by atoms with E-state index in [4.69, 9.17) is 4.74 Å². The van der Waals surface area contributed by atoms with Gasteiger partial charge in [-0.2, -0.15) is 9.36 Å². The second-order valence-corrected chi connectivity index (χ2v) is 4.07. The van der Waals surface area contributed by atoms with Gasteiger partial charge in [0.1, 0.15) is 12.9 Å². The molecule has 78 valence electrons. The summed E-state index contributed by atoms with van der Waals surface area (Å²) in [4.78, 5) is 11.9. The first-order valence-electron chi connectivity index (χ1n) is 4.13. The fourth-order valence-electron chi connectivity index (χ4n) is 0.888. The van der Waals surface area contributed by atoms with E-state index in [9.17, 15) is 0 Å². The number of ether oxygens (including phenoxy) is 1. The van der Waals surface area contributed by atoms with Crippen LogP contribution in [0.5, 0.6) is 5.19 Å². The molecule has 0 N–H and O–H groups in total. The van der Waals surface area contributed by atoms with Gasteiger partial charge in [-0.3, -0.25) is 0 Å². The van der Waals surface area contributed by atoms with Crippen LogP contribution in [0.25, 0.3) is 0 Å². The lowest BCUT2D eigenvalue weighted by molar-refractivity contribution is 0.302. The second kappa shape index (κ2) is 5.04. The zero-order chi connectivity index (χ0) is 10.5. The van der Waals surface area contributed by atoms with E-state index in [1.807, 2.05) is 6.26 Å². The molecule has 0 aliphatic carbocycles. The van der Waals surface area contributed by atoms with Gasteiger partial charge >= 0.3 is 0 Å². The number of rotatable bonds is 4. The van der Waals surface area contributed by atoms with Crippen LogP contribution in [-0.2, 0) is 6.61 Å². The van der Waals surface area contributed by atoms with Crippen molar-refractivity contribution in [3.63, 3.8) is 0 Å². The molecule has 15 heavy (non-hydrogen) atoms. The van der Waals surface area contributed by atoms with Crippen LogP contribution in [0.15, 0.2) is 23.9 Å². The van der Waals surface area contributed by atoms with E-state index >= 15 is 0 Å². The zero-order valence-electron chi connectivity index (χ0n) is 7.95. The van der Waals surface area contributed by atoms with E-state index in [-0.39, 0.29) is 0 Å². The third-order valence-corrected chi connectivity index (χ3v) is 2.84. The molecule has 7 heteroatoms. The van der Waals surface area contributed by atoms with Gasteiger partial charge in [0.15, 0.2) is 0 Å². The quantitative estimate of drug-likeness (QED) is 0.757. The van der Waals surface area contributed by atoms with Crippen LogP contribution < -0.4 is 4.74 Å². The van der Waals surface area contributed by atoms with Gasteiger partial charge in [0.25, 0.3) is 5.19 Å². The van der Waals surface area contributed by atoms with E-state index in [2.05, 4.69) is 19.3 Å². The Kier molecular flexibility index (Phi) is 3.46. The molecule has 5 nitrogen and oxygen atoms in total. The summed E-state index contributed by atoms with van der Waals surface area (Å²) in [5.74, 6) is 0. The third kappa shape index (κ3) is 2.87. The van der Waals surface area contributed by atoms with Gasteiger partial charge in [-0.25, -0.2) is 9.97 Å². The van der Waals surface area contributed by atoms with Gasteiger partial charge in [-0.15, -0.1) is 0 Å². The summed E-state index contributed by atoms with van der Waals surface area (Å²) in [6, 6.07) is 0. The van der Waals surface area contributed by atoms with Crippen LogP contribution in [0.4, 0.5) is 0 Å². The van der Waals surface area contributed by atoms with Crippen molar-refractivity contribution in [3.8, 4) is 5.19 Å². The number of thioether (sulfide) groups is 1.